The van der Waals surface area contributed by atoms with Crippen LogP contribution in [0.15, 0.2) is 121 Å². The summed E-state index contributed by atoms with van der Waals surface area (Å²) in [5.41, 5.74) is 20.2. The molecule has 0 aromatic heterocycles. The number of benzene rings is 4. The van der Waals surface area contributed by atoms with Crippen LogP contribution in [0.2, 0.25) is 0 Å². The zero-order chi connectivity index (χ0) is 48.1. The van der Waals surface area contributed by atoms with Crippen LogP contribution in [-0.2, 0) is 54.9 Å². The minimum atomic E-state index is -0.694. The Balaban J connectivity index is 1.59. The lowest BCUT2D eigenvalue weighted by Crippen LogP contribution is -2.51. The number of carbonyl (C=O) groups is 6. The Morgan fingerprint density at radius 2 is 0.687 bits per heavy atom. The molecule has 0 fully saturated rings. The Morgan fingerprint density at radius 1 is 0.373 bits per heavy atom. The third-order valence-corrected chi connectivity index (χ3v) is 11.2. The number of rotatable bonds is 32. The molecule has 15 heteroatoms. The van der Waals surface area contributed by atoms with E-state index in [1.165, 1.54) is 24.5 Å². The molecule has 0 heterocycles. The molecule has 0 aliphatic rings. The van der Waals surface area contributed by atoms with Gasteiger partial charge in [0.25, 0.3) is 0 Å². The van der Waals surface area contributed by atoms with Crippen LogP contribution in [0.25, 0.3) is 0 Å². The van der Waals surface area contributed by atoms with Crippen LogP contribution in [0.5, 0.6) is 0 Å². The number of nitrogens with one attached hydrogen (secondary N) is 1. The van der Waals surface area contributed by atoms with Crippen molar-refractivity contribution < 1.29 is 28.8 Å². The van der Waals surface area contributed by atoms with E-state index in [9.17, 15) is 28.8 Å². The Kier molecular flexibility index (Phi) is 24.4. The summed E-state index contributed by atoms with van der Waals surface area (Å²) in [6.45, 7) is 0.815. The molecule has 0 atom stereocenters. The van der Waals surface area contributed by atoms with Crippen molar-refractivity contribution in [3.8, 4) is 0 Å². The summed E-state index contributed by atoms with van der Waals surface area (Å²) in [5.74, 6) is -2.81. The molecule has 15 nitrogen and oxygen atoms in total. The van der Waals surface area contributed by atoms with Crippen LogP contribution in [-0.4, -0.2) is 125 Å². The first-order chi connectivity index (χ1) is 32.6. The Labute approximate surface area is 396 Å². The van der Waals surface area contributed by atoms with Crippen LogP contribution < -0.4 is 22.5 Å². The molecule has 4 rings (SSSR count). The van der Waals surface area contributed by atoms with E-state index in [1.54, 1.807) is 0 Å². The van der Waals surface area contributed by atoms with Gasteiger partial charge in [0.15, 0.2) is 0 Å². The lowest BCUT2D eigenvalue weighted by molar-refractivity contribution is -0.148. The van der Waals surface area contributed by atoms with E-state index in [2.05, 4.69) is 5.32 Å². The Morgan fingerprint density at radius 3 is 1.06 bits per heavy atom. The monoisotopic (exact) mass is 918 g/mol. The number of carbonyl (C=O) groups excluding carboxylic acids is 6. The van der Waals surface area contributed by atoms with E-state index in [0.29, 0.717) is 26.1 Å². The second-order valence-electron chi connectivity index (χ2n) is 16.8. The van der Waals surface area contributed by atoms with Crippen molar-refractivity contribution in [3.05, 3.63) is 144 Å². The fourth-order valence-corrected chi connectivity index (χ4v) is 7.53. The maximum atomic E-state index is 14.6. The van der Waals surface area contributed by atoms with E-state index in [-0.39, 0.29) is 77.9 Å². The summed E-state index contributed by atoms with van der Waals surface area (Å²) in [6.07, 6.45) is 6.86. The van der Waals surface area contributed by atoms with Gasteiger partial charge in [-0.25, -0.2) is 0 Å². The molecule has 360 valence electrons. The molecule has 0 radical (unpaired) electrons. The standard InChI is InChI=1S/C52H71N9O6/c53-29-17-1-3-19-31-56-33-48(63)59(35-44-23-11-6-12-24-44)41-52(67)60(36-45-25-13-7-14-26-45)40-49(64)57(32-20-4-2-18-30-54)39-50(65)61(37-46-27-15-8-16-28-46)42-51(66)58(38-47(55)62)34-43-21-9-5-10-22-43/h5-16,21-28,56H,1-4,17-20,29-42,53-54H2,(H2,55,62). The van der Waals surface area contributed by atoms with Crippen LogP contribution in [0.4, 0.5) is 0 Å². The molecular formula is C52H71N9O6. The highest BCUT2D eigenvalue weighted by Crippen LogP contribution is 2.14. The lowest BCUT2D eigenvalue weighted by Gasteiger charge is -2.32. The second kappa shape index (κ2) is 30.7. The third kappa shape index (κ3) is 20.7. The molecular weight excluding hydrogens is 847 g/mol. The number of primary amides is 1. The number of hydrogen-bond donors (Lipinski definition) is 4. The highest BCUT2D eigenvalue weighted by molar-refractivity contribution is 5.92. The summed E-state index contributed by atoms with van der Waals surface area (Å²) in [5, 5.41) is 3.23. The summed E-state index contributed by atoms with van der Waals surface area (Å²) < 4.78 is 0. The molecule has 0 unspecified atom stereocenters. The largest absolute Gasteiger partial charge is 0.368 e. The van der Waals surface area contributed by atoms with E-state index in [4.69, 9.17) is 17.2 Å². The van der Waals surface area contributed by atoms with Gasteiger partial charge in [0, 0.05) is 32.7 Å². The highest BCUT2D eigenvalue weighted by atomic mass is 16.2. The van der Waals surface area contributed by atoms with Crippen molar-refractivity contribution in [1.82, 2.24) is 29.8 Å². The molecule has 0 aliphatic heterocycles. The van der Waals surface area contributed by atoms with E-state index in [0.717, 1.165) is 67.2 Å². The van der Waals surface area contributed by atoms with Crippen LogP contribution >= 0.6 is 0 Å². The number of nitrogens with zero attached hydrogens (tertiary/aromatic N) is 5. The SMILES string of the molecule is NCCCCCCNCC(=O)N(CC(=O)N(CC(=O)N(CCCCCCN)CC(=O)N(CC(=O)N(CC(N)=O)Cc1ccccc1)Cc1ccccc1)Cc1ccccc1)Cc1ccccc1. The fraction of sp³-hybridized carbons (Fsp3) is 0.423. The van der Waals surface area contributed by atoms with Gasteiger partial charge in [0.1, 0.15) is 19.6 Å². The molecule has 67 heavy (non-hydrogen) atoms. The maximum Gasteiger partial charge on any atom is 0.242 e. The van der Waals surface area contributed by atoms with E-state index in [1.807, 2.05) is 121 Å². The van der Waals surface area contributed by atoms with Crippen LogP contribution in [0, 0.1) is 0 Å². The van der Waals surface area contributed by atoms with Gasteiger partial charge >= 0.3 is 0 Å². The summed E-state index contributed by atoms with van der Waals surface area (Å²) in [7, 11) is 0. The Bertz CT molecular complexity index is 2080. The third-order valence-electron chi connectivity index (χ3n) is 11.2. The number of amides is 6. The highest BCUT2D eigenvalue weighted by Gasteiger charge is 2.29. The normalized spacial score (nSPS) is 10.8. The molecule has 4 aromatic rings. The number of nitrogens with two attached hydrogens (primary N) is 3. The van der Waals surface area contributed by atoms with Gasteiger partial charge in [0.2, 0.25) is 35.4 Å². The predicted molar refractivity (Wildman–Crippen MR) is 261 cm³/mol. The molecule has 0 spiro atoms. The van der Waals surface area contributed by atoms with Crippen molar-refractivity contribution in [2.75, 3.05) is 65.4 Å². The van der Waals surface area contributed by atoms with E-state index >= 15 is 0 Å². The summed E-state index contributed by atoms with van der Waals surface area (Å²) in [6, 6.07) is 37.1. The van der Waals surface area contributed by atoms with Crippen molar-refractivity contribution in [3.63, 3.8) is 0 Å². The molecule has 4 aromatic carbocycles. The van der Waals surface area contributed by atoms with Crippen LogP contribution in [0.3, 0.4) is 0 Å². The van der Waals surface area contributed by atoms with E-state index < -0.39 is 29.5 Å². The molecule has 7 N–H and O–H groups in total. The van der Waals surface area contributed by atoms with Crippen molar-refractivity contribution >= 4 is 35.4 Å². The number of unbranched alkanes of at least 4 members (excludes halogenated alkanes) is 6. The van der Waals surface area contributed by atoms with Crippen molar-refractivity contribution in [2.45, 2.75) is 77.5 Å². The molecule has 0 aliphatic carbocycles. The average Bonchev–Trinajstić information content (AvgIpc) is 3.33. The van der Waals surface area contributed by atoms with Gasteiger partial charge in [-0.3, -0.25) is 28.8 Å². The quantitative estimate of drug-likeness (QED) is 0.0521. The zero-order valence-electron chi connectivity index (χ0n) is 39.0. The predicted octanol–water partition coefficient (Wildman–Crippen LogP) is 4.04. The topological polar surface area (TPSA) is 209 Å². The van der Waals surface area contributed by atoms with Crippen LogP contribution in [0.1, 0.15) is 73.6 Å². The summed E-state index contributed by atoms with van der Waals surface area (Å²) >= 11 is 0. The summed E-state index contributed by atoms with van der Waals surface area (Å²) in [4.78, 5) is 90.8. The Hall–Kier alpha value is -6.42. The minimum absolute atomic E-state index is 0.0448. The van der Waals surface area contributed by atoms with Crippen molar-refractivity contribution in [2.24, 2.45) is 17.2 Å². The van der Waals surface area contributed by atoms with Gasteiger partial charge in [-0.2, -0.15) is 0 Å². The van der Waals surface area contributed by atoms with Crippen molar-refractivity contribution in [1.29, 1.82) is 0 Å². The molecule has 0 saturated heterocycles. The maximum absolute atomic E-state index is 14.6. The van der Waals surface area contributed by atoms with Gasteiger partial charge < -0.3 is 47.0 Å². The first-order valence-electron chi connectivity index (χ1n) is 23.5. The average molecular weight is 918 g/mol. The first kappa shape index (κ1) is 53.2. The molecule has 0 saturated carbocycles. The molecule has 6 amide bonds. The first-order valence-corrected chi connectivity index (χ1v) is 23.5. The van der Waals surface area contributed by atoms with Gasteiger partial charge in [-0.05, 0) is 67.6 Å². The fourth-order valence-electron chi connectivity index (χ4n) is 7.53. The number of hydrogen-bond acceptors (Lipinski definition) is 9. The van der Waals surface area contributed by atoms with Gasteiger partial charge in [-0.15, -0.1) is 0 Å². The minimum Gasteiger partial charge on any atom is -0.368 e. The lowest BCUT2D eigenvalue weighted by atomic mass is 10.1. The van der Waals surface area contributed by atoms with Gasteiger partial charge in [0.05, 0.1) is 19.6 Å². The smallest absolute Gasteiger partial charge is 0.242 e. The molecule has 0 bridgehead atoms. The second-order valence-corrected chi connectivity index (χ2v) is 16.8. The zero-order valence-corrected chi connectivity index (χ0v) is 39.0. The van der Waals surface area contributed by atoms with Gasteiger partial charge in [-0.1, -0.05) is 147 Å².